The monoisotopic (exact) mass is 269 g/mol. The van der Waals surface area contributed by atoms with Gasteiger partial charge in [-0.05, 0) is 11.6 Å². The minimum Gasteiger partial charge on any atom is -0.465 e. The number of hydrogen-bond acceptors (Lipinski definition) is 3. The largest absolute Gasteiger partial charge is 0.465 e. The molecule has 0 fully saturated rings. The van der Waals surface area contributed by atoms with Gasteiger partial charge < -0.3 is 10.4 Å². The molecule has 1 aromatic heterocycles. The van der Waals surface area contributed by atoms with Gasteiger partial charge in [0.05, 0.1) is 11.4 Å². The second kappa shape index (κ2) is 5.30. The molecule has 0 atom stereocenters. The number of hydrogen-bond donors (Lipinski definition) is 3. The lowest BCUT2D eigenvalue weighted by Gasteiger charge is -2.19. The zero-order valence-corrected chi connectivity index (χ0v) is 10.9. The maximum absolute atomic E-state index is 11.0. The van der Waals surface area contributed by atoms with Gasteiger partial charge in [0, 0.05) is 30.8 Å². The molecule has 5 heteroatoms. The molecule has 0 bridgehead atoms. The number of nitrogens with one attached hydrogen (secondary N) is 2. The van der Waals surface area contributed by atoms with Gasteiger partial charge in [0.1, 0.15) is 0 Å². The number of amides is 1. The fourth-order valence-electron chi connectivity index (χ4n) is 2.42. The van der Waals surface area contributed by atoms with Crippen LogP contribution in [0.1, 0.15) is 11.3 Å². The number of fused-ring (bicyclic) bond motifs is 1. The highest BCUT2D eigenvalue weighted by Crippen LogP contribution is 2.29. The Morgan fingerprint density at radius 2 is 2.10 bits per heavy atom. The molecule has 1 aromatic carbocycles. The van der Waals surface area contributed by atoms with Gasteiger partial charge in [-0.1, -0.05) is 30.3 Å². The van der Waals surface area contributed by atoms with Crippen molar-refractivity contribution in [2.24, 2.45) is 0 Å². The second-order valence-corrected chi connectivity index (χ2v) is 4.71. The van der Waals surface area contributed by atoms with Gasteiger partial charge in [-0.15, -0.1) is 0 Å². The van der Waals surface area contributed by atoms with Crippen molar-refractivity contribution < 1.29 is 9.90 Å². The predicted octanol–water partition coefficient (Wildman–Crippen LogP) is 2.48. The standard InChI is InChI=1S/C15H15N3O2/c19-15(20)18-13-8-11-9-16-7-6-12(11)17-14(13)10-4-2-1-3-5-10/h1-5,8,16,18H,6-7,9H2,(H,19,20). The molecule has 5 nitrogen and oxygen atoms in total. The van der Waals surface area contributed by atoms with E-state index in [0.717, 1.165) is 36.3 Å². The summed E-state index contributed by atoms with van der Waals surface area (Å²) in [6.07, 6.45) is -0.213. The number of carbonyl (C=O) groups is 1. The summed E-state index contributed by atoms with van der Waals surface area (Å²) < 4.78 is 0. The van der Waals surface area contributed by atoms with Crippen molar-refractivity contribution in [1.82, 2.24) is 10.3 Å². The second-order valence-electron chi connectivity index (χ2n) is 4.71. The lowest BCUT2D eigenvalue weighted by atomic mass is 10.0. The third-order valence-corrected chi connectivity index (χ3v) is 3.33. The van der Waals surface area contributed by atoms with Crippen molar-refractivity contribution in [3.63, 3.8) is 0 Å². The maximum Gasteiger partial charge on any atom is 0.409 e. The Bertz CT molecular complexity index is 641. The molecule has 0 radical (unpaired) electrons. The summed E-state index contributed by atoms with van der Waals surface area (Å²) in [5.74, 6) is 0. The lowest BCUT2D eigenvalue weighted by Crippen LogP contribution is -2.25. The van der Waals surface area contributed by atoms with E-state index in [1.165, 1.54) is 0 Å². The van der Waals surface area contributed by atoms with E-state index in [2.05, 4.69) is 15.6 Å². The van der Waals surface area contributed by atoms with Crippen molar-refractivity contribution in [2.45, 2.75) is 13.0 Å². The van der Waals surface area contributed by atoms with Gasteiger partial charge in [0.25, 0.3) is 0 Å². The number of aromatic nitrogens is 1. The Kier molecular flexibility index (Phi) is 3.35. The van der Waals surface area contributed by atoms with Gasteiger partial charge in [0.15, 0.2) is 0 Å². The van der Waals surface area contributed by atoms with Crippen LogP contribution in [0, 0.1) is 0 Å². The quantitative estimate of drug-likeness (QED) is 0.783. The van der Waals surface area contributed by atoms with Crippen molar-refractivity contribution in [1.29, 1.82) is 0 Å². The normalized spacial score (nSPS) is 13.6. The molecule has 0 spiro atoms. The molecule has 1 aliphatic heterocycles. The molecule has 0 saturated heterocycles. The average Bonchev–Trinajstić information content (AvgIpc) is 2.47. The molecule has 1 aliphatic rings. The van der Waals surface area contributed by atoms with Crippen LogP contribution in [-0.4, -0.2) is 22.7 Å². The van der Waals surface area contributed by atoms with E-state index in [0.29, 0.717) is 11.4 Å². The van der Waals surface area contributed by atoms with Crippen molar-refractivity contribution in [3.05, 3.63) is 47.7 Å². The molecular formula is C15H15N3O2. The van der Waals surface area contributed by atoms with Crippen LogP contribution < -0.4 is 10.6 Å². The highest BCUT2D eigenvalue weighted by Gasteiger charge is 2.16. The van der Waals surface area contributed by atoms with Crippen LogP contribution in [0.3, 0.4) is 0 Å². The highest BCUT2D eigenvalue weighted by atomic mass is 16.4. The molecular weight excluding hydrogens is 254 g/mol. The molecule has 0 saturated carbocycles. The molecule has 2 heterocycles. The molecule has 1 amide bonds. The number of carboxylic acid groups (broad SMARTS) is 1. The number of anilines is 1. The summed E-state index contributed by atoms with van der Waals surface area (Å²) in [7, 11) is 0. The molecule has 102 valence electrons. The van der Waals surface area contributed by atoms with E-state index in [1.807, 2.05) is 36.4 Å². The van der Waals surface area contributed by atoms with E-state index in [1.54, 1.807) is 0 Å². The molecule has 0 aliphatic carbocycles. The van der Waals surface area contributed by atoms with Crippen molar-refractivity contribution in [3.8, 4) is 11.3 Å². The van der Waals surface area contributed by atoms with E-state index in [4.69, 9.17) is 5.11 Å². The Morgan fingerprint density at radius 1 is 1.30 bits per heavy atom. The first-order valence-corrected chi connectivity index (χ1v) is 6.53. The Hall–Kier alpha value is -2.40. The number of nitrogens with zero attached hydrogens (tertiary/aromatic N) is 1. The Balaban J connectivity index is 2.12. The van der Waals surface area contributed by atoms with E-state index >= 15 is 0 Å². The number of benzene rings is 1. The Morgan fingerprint density at radius 3 is 2.85 bits per heavy atom. The lowest BCUT2D eigenvalue weighted by molar-refractivity contribution is 0.209. The third kappa shape index (κ3) is 2.48. The van der Waals surface area contributed by atoms with Crippen molar-refractivity contribution in [2.75, 3.05) is 11.9 Å². The van der Waals surface area contributed by atoms with E-state index < -0.39 is 6.09 Å². The van der Waals surface area contributed by atoms with E-state index in [-0.39, 0.29) is 0 Å². The number of pyridine rings is 1. The zero-order valence-electron chi connectivity index (χ0n) is 10.9. The highest BCUT2D eigenvalue weighted by molar-refractivity contribution is 5.89. The summed E-state index contributed by atoms with van der Waals surface area (Å²) in [5, 5.41) is 14.7. The summed E-state index contributed by atoms with van der Waals surface area (Å²) in [5.41, 5.74) is 4.23. The smallest absolute Gasteiger partial charge is 0.409 e. The van der Waals surface area contributed by atoms with E-state index in [9.17, 15) is 4.79 Å². The molecule has 0 unspecified atom stereocenters. The average molecular weight is 269 g/mol. The fourth-order valence-corrected chi connectivity index (χ4v) is 2.42. The van der Waals surface area contributed by atoms with Gasteiger partial charge >= 0.3 is 6.09 Å². The van der Waals surface area contributed by atoms with Crippen LogP contribution in [0.5, 0.6) is 0 Å². The van der Waals surface area contributed by atoms with Crippen LogP contribution in [-0.2, 0) is 13.0 Å². The first-order valence-electron chi connectivity index (χ1n) is 6.53. The van der Waals surface area contributed by atoms with Gasteiger partial charge in [0.2, 0.25) is 0 Å². The Labute approximate surface area is 116 Å². The van der Waals surface area contributed by atoms with Crippen LogP contribution in [0.25, 0.3) is 11.3 Å². The summed E-state index contributed by atoms with van der Waals surface area (Å²) in [6.45, 7) is 1.63. The predicted molar refractivity (Wildman–Crippen MR) is 76.7 cm³/mol. The molecule has 3 rings (SSSR count). The minimum absolute atomic E-state index is 0.533. The first-order chi connectivity index (χ1) is 9.74. The SMILES string of the molecule is O=C(O)Nc1cc2c(nc1-c1ccccc1)CCNC2. The van der Waals surface area contributed by atoms with Gasteiger partial charge in [-0.2, -0.15) is 0 Å². The number of rotatable bonds is 2. The first kappa shape index (κ1) is 12.6. The topological polar surface area (TPSA) is 74.2 Å². The van der Waals surface area contributed by atoms with Crippen LogP contribution >= 0.6 is 0 Å². The maximum atomic E-state index is 11.0. The summed E-state index contributed by atoms with van der Waals surface area (Å²) in [6, 6.07) is 11.5. The molecule has 20 heavy (non-hydrogen) atoms. The van der Waals surface area contributed by atoms with Gasteiger partial charge in [-0.3, -0.25) is 10.3 Å². The minimum atomic E-state index is -1.08. The van der Waals surface area contributed by atoms with Crippen LogP contribution in [0.2, 0.25) is 0 Å². The summed E-state index contributed by atoms with van der Waals surface area (Å²) in [4.78, 5) is 15.6. The molecule has 3 N–H and O–H groups in total. The fraction of sp³-hybridized carbons (Fsp3) is 0.200. The zero-order chi connectivity index (χ0) is 13.9. The van der Waals surface area contributed by atoms with Crippen molar-refractivity contribution >= 4 is 11.8 Å². The van der Waals surface area contributed by atoms with Crippen LogP contribution in [0.4, 0.5) is 10.5 Å². The van der Waals surface area contributed by atoms with Crippen LogP contribution in [0.15, 0.2) is 36.4 Å². The summed E-state index contributed by atoms with van der Waals surface area (Å²) >= 11 is 0. The van der Waals surface area contributed by atoms with Gasteiger partial charge in [-0.25, -0.2) is 4.79 Å². The molecule has 2 aromatic rings. The third-order valence-electron chi connectivity index (χ3n) is 3.33.